The number of carbonyl (C=O) groups excluding carboxylic acids is 1. The van der Waals surface area contributed by atoms with Crippen LogP contribution in [-0.2, 0) is 11.3 Å². The van der Waals surface area contributed by atoms with Crippen molar-refractivity contribution in [2.24, 2.45) is 11.1 Å². The average Bonchev–Trinajstić information content (AvgIpc) is 2.67. The zero-order chi connectivity index (χ0) is 15.1. The van der Waals surface area contributed by atoms with Crippen LogP contribution < -0.4 is 5.73 Å². The molecule has 0 fully saturated rings. The van der Waals surface area contributed by atoms with Crippen LogP contribution in [0.4, 0.5) is 0 Å². The molecule has 1 aromatic carbocycles. The zero-order valence-electron chi connectivity index (χ0n) is 12.3. The van der Waals surface area contributed by atoms with Crippen LogP contribution in [0, 0.1) is 12.3 Å². The number of hydrogen-bond acceptors (Lipinski definition) is 2. The Bertz CT molecular complexity index is 658. The van der Waals surface area contributed by atoms with Crippen LogP contribution in [0.3, 0.4) is 0 Å². The highest BCUT2D eigenvalue weighted by Crippen LogP contribution is 2.29. The van der Waals surface area contributed by atoms with Crippen molar-refractivity contribution < 1.29 is 4.79 Å². The van der Waals surface area contributed by atoms with Crippen molar-refractivity contribution in [3.05, 3.63) is 29.6 Å². The molecule has 0 saturated heterocycles. The predicted molar refractivity (Wildman–Crippen MR) is 81.7 cm³/mol. The van der Waals surface area contributed by atoms with Gasteiger partial charge in [0.05, 0.1) is 21.8 Å². The Balaban J connectivity index is 2.62. The lowest BCUT2D eigenvalue weighted by atomic mass is 9.92. The normalized spacial score (nSPS) is 13.7. The second kappa shape index (κ2) is 5.09. The first-order valence-electron chi connectivity index (χ1n) is 6.63. The number of primary amides is 1. The van der Waals surface area contributed by atoms with Gasteiger partial charge in [0, 0.05) is 6.54 Å². The highest BCUT2D eigenvalue weighted by molar-refractivity contribution is 6.20. The molecule has 108 valence electrons. The van der Waals surface area contributed by atoms with Gasteiger partial charge in [0.2, 0.25) is 5.91 Å². The average molecular weight is 294 g/mol. The second-order valence-corrected chi connectivity index (χ2v) is 6.57. The lowest BCUT2D eigenvalue weighted by molar-refractivity contribution is -0.126. The Hall–Kier alpha value is -1.55. The van der Waals surface area contributed by atoms with Crippen LogP contribution in [0.25, 0.3) is 11.0 Å². The number of rotatable bonds is 4. The monoisotopic (exact) mass is 293 g/mol. The van der Waals surface area contributed by atoms with E-state index in [4.69, 9.17) is 17.3 Å². The van der Waals surface area contributed by atoms with Crippen LogP contribution in [0.2, 0.25) is 0 Å². The molecule has 0 aliphatic rings. The molecule has 20 heavy (non-hydrogen) atoms. The van der Waals surface area contributed by atoms with Crippen molar-refractivity contribution in [3.63, 3.8) is 0 Å². The Morgan fingerprint density at radius 1 is 1.50 bits per heavy atom. The maximum absolute atomic E-state index is 11.6. The van der Waals surface area contributed by atoms with E-state index in [0.717, 1.165) is 22.4 Å². The topological polar surface area (TPSA) is 60.9 Å². The minimum atomic E-state index is -0.655. The van der Waals surface area contributed by atoms with E-state index in [1.165, 1.54) is 0 Å². The van der Waals surface area contributed by atoms with E-state index in [9.17, 15) is 4.79 Å². The molecule has 0 aliphatic heterocycles. The van der Waals surface area contributed by atoms with E-state index in [1.54, 1.807) is 0 Å². The molecule has 0 aliphatic carbocycles. The number of fused-ring (bicyclic) bond motifs is 1. The van der Waals surface area contributed by atoms with E-state index in [-0.39, 0.29) is 11.3 Å². The minimum absolute atomic E-state index is 0.230. The maximum atomic E-state index is 11.6. The lowest BCUT2D eigenvalue weighted by Crippen LogP contribution is -2.35. The number of imidazole rings is 1. The third-order valence-corrected chi connectivity index (χ3v) is 3.70. The number of hydrogen-bond donors (Lipinski definition) is 1. The molecule has 1 amide bonds. The lowest BCUT2D eigenvalue weighted by Gasteiger charge is -2.23. The van der Waals surface area contributed by atoms with E-state index in [2.05, 4.69) is 11.1 Å². The van der Waals surface area contributed by atoms with Crippen LogP contribution in [-0.4, -0.2) is 15.5 Å². The molecule has 2 rings (SSSR count). The molecule has 1 atom stereocenters. The number of benzene rings is 1. The summed E-state index contributed by atoms with van der Waals surface area (Å²) in [5.41, 5.74) is 7.84. The van der Waals surface area contributed by atoms with Crippen molar-refractivity contribution in [2.45, 2.75) is 39.6 Å². The Kier molecular flexibility index (Phi) is 3.78. The molecule has 1 aromatic heterocycles. The van der Waals surface area contributed by atoms with E-state index in [1.807, 2.05) is 44.4 Å². The number of nitrogens with zero attached hydrogens (tertiary/aromatic N) is 2. The van der Waals surface area contributed by atoms with Gasteiger partial charge in [-0.3, -0.25) is 4.79 Å². The minimum Gasteiger partial charge on any atom is -0.369 e. The van der Waals surface area contributed by atoms with E-state index < -0.39 is 5.41 Å². The largest absolute Gasteiger partial charge is 0.369 e. The van der Waals surface area contributed by atoms with E-state index in [0.29, 0.717) is 6.54 Å². The van der Waals surface area contributed by atoms with Gasteiger partial charge in [0.15, 0.2) is 0 Å². The Morgan fingerprint density at radius 2 is 2.15 bits per heavy atom. The highest BCUT2D eigenvalue weighted by Gasteiger charge is 2.28. The molecular weight excluding hydrogens is 274 g/mol. The van der Waals surface area contributed by atoms with Gasteiger partial charge in [0.25, 0.3) is 0 Å². The van der Waals surface area contributed by atoms with Gasteiger partial charge < -0.3 is 10.3 Å². The molecule has 2 N–H and O–H groups in total. The molecule has 5 heteroatoms. The van der Waals surface area contributed by atoms with Gasteiger partial charge in [0.1, 0.15) is 5.82 Å². The summed E-state index contributed by atoms with van der Waals surface area (Å²) in [7, 11) is 0. The third-order valence-electron chi connectivity index (χ3n) is 3.51. The zero-order valence-corrected chi connectivity index (χ0v) is 13.0. The van der Waals surface area contributed by atoms with Crippen molar-refractivity contribution in [3.8, 4) is 0 Å². The van der Waals surface area contributed by atoms with Crippen molar-refractivity contribution >= 4 is 28.5 Å². The number of halogens is 1. The van der Waals surface area contributed by atoms with Gasteiger partial charge in [-0.05, 0) is 45.4 Å². The maximum Gasteiger partial charge on any atom is 0.224 e. The number of alkyl halides is 1. The summed E-state index contributed by atoms with van der Waals surface area (Å²) in [4.78, 5) is 16.2. The van der Waals surface area contributed by atoms with Crippen LogP contribution in [0.15, 0.2) is 18.2 Å². The first-order chi connectivity index (χ1) is 9.22. The summed E-state index contributed by atoms with van der Waals surface area (Å²) in [6.07, 6.45) is 0. The molecule has 4 nitrogen and oxygen atoms in total. The summed E-state index contributed by atoms with van der Waals surface area (Å²) >= 11 is 6.23. The first kappa shape index (κ1) is 14.9. The number of nitrogens with two attached hydrogens (primary N) is 1. The molecular formula is C15H20ClN3O. The number of aromatic nitrogens is 2. The summed E-state index contributed by atoms with van der Waals surface area (Å²) in [5.74, 6) is 0.432. The van der Waals surface area contributed by atoms with Crippen LogP contribution in [0.1, 0.15) is 37.5 Å². The third kappa shape index (κ3) is 2.66. The van der Waals surface area contributed by atoms with Crippen molar-refractivity contribution in [1.82, 2.24) is 9.55 Å². The quantitative estimate of drug-likeness (QED) is 0.880. The first-order valence-corrected chi connectivity index (χ1v) is 7.07. The molecule has 2 aromatic rings. The fourth-order valence-electron chi connectivity index (χ4n) is 2.19. The summed E-state index contributed by atoms with van der Waals surface area (Å²) in [6, 6.07) is 6.05. The molecule has 1 heterocycles. The SMILES string of the molecule is Cc1ccc2nc(C(C)Cl)n(CC(C)(C)C(N)=O)c2c1. The molecule has 0 bridgehead atoms. The summed E-state index contributed by atoms with van der Waals surface area (Å²) < 4.78 is 2.00. The van der Waals surface area contributed by atoms with Crippen LogP contribution >= 0.6 is 11.6 Å². The van der Waals surface area contributed by atoms with Gasteiger partial charge >= 0.3 is 0 Å². The van der Waals surface area contributed by atoms with Crippen LogP contribution in [0.5, 0.6) is 0 Å². The molecule has 0 radical (unpaired) electrons. The van der Waals surface area contributed by atoms with Gasteiger partial charge in [-0.25, -0.2) is 4.98 Å². The number of amides is 1. The van der Waals surface area contributed by atoms with Gasteiger partial charge in [-0.2, -0.15) is 0 Å². The fraction of sp³-hybridized carbons (Fsp3) is 0.467. The second-order valence-electron chi connectivity index (χ2n) is 5.91. The van der Waals surface area contributed by atoms with Crippen molar-refractivity contribution in [1.29, 1.82) is 0 Å². The standard InChI is InChI=1S/C15H20ClN3O/c1-9-5-6-11-12(7-9)19(13(18-11)10(2)16)8-15(3,4)14(17)20/h5-7,10H,8H2,1-4H3,(H2,17,20). The fourth-order valence-corrected chi connectivity index (χ4v) is 2.36. The molecule has 0 spiro atoms. The highest BCUT2D eigenvalue weighted by atomic mass is 35.5. The Labute approximate surface area is 123 Å². The molecule has 0 saturated carbocycles. The number of carbonyl (C=O) groups is 1. The van der Waals surface area contributed by atoms with Gasteiger partial charge in [-0.1, -0.05) is 6.07 Å². The number of aryl methyl sites for hydroxylation is 1. The van der Waals surface area contributed by atoms with E-state index >= 15 is 0 Å². The predicted octanol–water partition coefficient (Wildman–Crippen LogP) is 3.16. The summed E-state index contributed by atoms with van der Waals surface area (Å²) in [5, 5.41) is -0.230. The summed E-state index contributed by atoms with van der Waals surface area (Å²) in [6.45, 7) is 8.04. The Morgan fingerprint density at radius 3 is 2.70 bits per heavy atom. The van der Waals surface area contributed by atoms with Crippen molar-refractivity contribution in [2.75, 3.05) is 0 Å². The smallest absolute Gasteiger partial charge is 0.224 e. The molecule has 1 unspecified atom stereocenters. The van der Waals surface area contributed by atoms with Gasteiger partial charge in [-0.15, -0.1) is 11.6 Å².